The van der Waals surface area contributed by atoms with Crippen molar-refractivity contribution in [2.24, 2.45) is 0 Å². The second-order valence-electron chi connectivity index (χ2n) is 2.96. The van der Waals surface area contributed by atoms with Crippen LogP contribution >= 0.6 is 0 Å². The van der Waals surface area contributed by atoms with Gasteiger partial charge in [0.2, 0.25) is 0 Å². The third-order valence-electron chi connectivity index (χ3n) is 1.93. The molecule has 5 nitrogen and oxygen atoms in total. The summed E-state index contributed by atoms with van der Waals surface area (Å²) in [6.07, 6.45) is 0. The quantitative estimate of drug-likeness (QED) is 0.604. The lowest BCUT2D eigenvalue weighted by molar-refractivity contribution is -0.142. The topological polar surface area (TPSA) is 63.9 Å². The molecule has 1 heterocycles. The Morgan fingerprint density at radius 2 is 2.15 bits per heavy atom. The lowest BCUT2D eigenvalue weighted by Gasteiger charge is -2.35. The van der Waals surface area contributed by atoms with Gasteiger partial charge in [-0.25, -0.2) is 4.79 Å². The van der Waals surface area contributed by atoms with Crippen LogP contribution in [0.3, 0.4) is 0 Å². The minimum absolute atomic E-state index is 0.196. The molecule has 0 spiro atoms. The lowest BCUT2D eigenvalue weighted by Crippen LogP contribution is -2.36. The Bertz CT molecular complexity index is 157. The van der Waals surface area contributed by atoms with Gasteiger partial charge >= 0.3 is 5.97 Å². The minimum Gasteiger partial charge on any atom is -0.660 e. The first-order chi connectivity index (χ1) is 6.29. The van der Waals surface area contributed by atoms with Crippen molar-refractivity contribution in [2.75, 3.05) is 45.9 Å². The summed E-state index contributed by atoms with van der Waals surface area (Å²) in [5.41, 5.74) is 0. The first kappa shape index (κ1) is 10.4. The van der Waals surface area contributed by atoms with Gasteiger partial charge in [0.05, 0.1) is 6.61 Å². The normalized spacial score (nSPS) is 18.8. The summed E-state index contributed by atoms with van der Waals surface area (Å²) in [5.74, 6) is -0.909. The molecule has 1 N–H and O–H groups in total. The van der Waals surface area contributed by atoms with Crippen LogP contribution < -0.4 is 0 Å². The van der Waals surface area contributed by atoms with Crippen LogP contribution in [0.4, 0.5) is 0 Å². The maximum Gasteiger partial charge on any atom is 0.329 e. The summed E-state index contributed by atoms with van der Waals surface area (Å²) in [4.78, 5) is 12.3. The first-order valence-corrected chi connectivity index (χ1v) is 4.44. The summed E-state index contributed by atoms with van der Waals surface area (Å²) in [6, 6.07) is 0. The fraction of sp³-hybridized carbons (Fsp3) is 0.875. The number of carboxylic acids is 1. The molecule has 1 fully saturated rings. The summed E-state index contributed by atoms with van der Waals surface area (Å²) in [5, 5.41) is 12.5. The zero-order valence-corrected chi connectivity index (χ0v) is 7.61. The van der Waals surface area contributed by atoms with E-state index >= 15 is 0 Å². The van der Waals surface area contributed by atoms with E-state index in [0.29, 0.717) is 6.61 Å². The average Bonchev–Trinajstić information content (AvgIpc) is 2.14. The van der Waals surface area contributed by atoms with E-state index in [1.54, 1.807) is 0 Å². The van der Waals surface area contributed by atoms with Crippen molar-refractivity contribution in [1.29, 1.82) is 0 Å². The van der Waals surface area contributed by atoms with Gasteiger partial charge < -0.3 is 20.1 Å². The molecule has 0 aliphatic carbocycles. The summed E-state index contributed by atoms with van der Waals surface area (Å²) < 4.78 is 4.93. The molecule has 1 aliphatic heterocycles. The molecular weight excluding hydrogens is 172 g/mol. The van der Waals surface area contributed by atoms with Crippen LogP contribution in [0.25, 0.3) is 5.32 Å². The third-order valence-corrected chi connectivity index (χ3v) is 1.93. The molecule has 0 bridgehead atoms. The van der Waals surface area contributed by atoms with Crippen molar-refractivity contribution in [1.82, 2.24) is 4.90 Å². The molecule has 1 saturated heterocycles. The summed E-state index contributed by atoms with van der Waals surface area (Å²) >= 11 is 0. The first-order valence-electron chi connectivity index (χ1n) is 4.44. The number of hydrogen-bond acceptors (Lipinski definition) is 3. The second kappa shape index (κ2) is 5.90. The molecule has 0 unspecified atom stereocenters. The Morgan fingerprint density at radius 3 is 2.77 bits per heavy atom. The minimum atomic E-state index is -0.909. The highest BCUT2D eigenvalue weighted by atomic mass is 16.5. The van der Waals surface area contributed by atoms with Gasteiger partial charge in [0.25, 0.3) is 0 Å². The van der Waals surface area contributed by atoms with Crippen molar-refractivity contribution in [3.05, 3.63) is 5.32 Å². The number of nitrogens with zero attached hydrogens (tertiary/aromatic N) is 2. The van der Waals surface area contributed by atoms with Gasteiger partial charge in [0, 0.05) is 6.54 Å². The van der Waals surface area contributed by atoms with Gasteiger partial charge in [-0.1, -0.05) is 0 Å². The van der Waals surface area contributed by atoms with Crippen LogP contribution in [0.2, 0.25) is 0 Å². The Kier molecular flexibility index (Phi) is 4.74. The molecule has 0 saturated carbocycles. The highest BCUT2D eigenvalue weighted by molar-refractivity contribution is 5.67. The molecule has 0 aromatic heterocycles. The maximum absolute atomic E-state index is 10.1. The smallest absolute Gasteiger partial charge is 0.329 e. The fourth-order valence-electron chi connectivity index (χ4n) is 1.22. The van der Waals surface area contributed by atoms with Crippen LogP contribution in [-0.2, 0) is 9.53 Å². The van der Waals surface area contributed by atoms with E-state index in [4.69, 9.17) is 9.84 Å². The van der Waals surface area contributed by atoms with E-state index in [1.807, 2.05) is 0 Å². The summed E-state index contributed by atoms with van der Waals surface area (Å²) in [6.45, 7) is 4.82. The van der Waals surface area contributed by atoms with Gasteiger partial charge in [-0.3, -0.25) is 0 Å². The van der Waals surface area contributed by atoms with Crippen LogP contribution in [0.1, 0.15) is 0 Å². The number of rotatable bonds is 5. The Balaban J connectivity index is 1.95. The van der Waals surface area contributed by atoms with Gasteiger partial charge in [0.15, 0.2) is 0 Å². The Labute approximate surface area is 77.7 Å². The standard InChI is InChI=1S/C8H15N2O3/c11-8(12)7-13-6-5-10-3-1-9-2-4-10/h1-7H2,(H,11,12)/q-1. The van der Waals surface area contributed by atoms with Crippen molar-refractivity contribution in [3.8, 4) is 0 Å². The van der Waals surface area contributed by atoms with Crippen molar-refractivity contribution in [2.45, 2.75) is 0 Å². The van der Waals surface area contributed by atoms with E-state index in [9.17, 15) is 4.79 Å². The van der Waals surface area contributed by atoms with Crippen LogP contribution in [0.5, 0.6) is 0 Å². The predicted molar refractivity (Wildman–Crippen MR) is 48.0 cm³/mol. The molecule has 0 radical (unpaired) electrons. The SMILES string of the molecule is O=C(O)COCCN1CC[N-]CC1. The van der Waals surface area contributed by atoms with Gasteiger partial charge in [-0.15, -0.1) is 13.1 Å². The van der Waals surface area contributed by atoms with Crippen LogP contribution in [-0.4, -0.2) is 61.9 Å². The van der Waals surface area contributed by atoms with E-state index in [1.165, 1.54) is 0 Å². The molecule has 0 atom stereocenters. The molecule has 1 aliphatic rings. The average molecular weight is 187 g/mol. The zero-order valence-electron chi connectivity index (χ0n) is 7.61. The van der Waals surface area contributed by atoms with Crippen molar-refractivity contribution < 1.29 is 14.6 Å². The van der Waals surface area contributed by atoms with E-state index in [2.05, 4.69) is 10.2 Å². The zero-order chi connectivity index (χ0) is 9.52. The number of hydrogen-bond donors (Lipinski definition) is 1. The molecule has 0 amide bonds. The van der Waals surface area contributed by atoms with Crippen molar-refractivity contribution in [3.63, 3.8) is 0 Å². The molecule has 0 aromatic carbocycles. The van der Waals surface area contributed by atoms with Gasteiger partial charge in [-0.2, -0.15) is 0 Å². The monoisotopic (exact) mass is 187 g/mol. The molecule has 76 valence electrons. The largest absolute Gasteiger partial charge is 0.660 e. The number of piperazine rings is 1. The number of carboxylic acid groups (broad SMARTS) is 1. The number of ether oxygens (including phenoxy) is 1. The molecule has 13 heavy (non-hydrogen) atoms. The van der Waals surface area contributed by atoms with Gasteiger partial charge in [0.1, 0.15) is 6.61 Å². The lowest BCUT2D eigenvalue weighted by atomic mass is 10.4. The molecule has 1 rings (SSSR count). The van der Waals surface area contributed by atoms with Crippen LogP contribution in [0.15, 0.2) is 0 Å². The molecule has 0 aromatic rings. The fourth-order valence-corrected chi connectivity index (χ4v) is 1.22. The highest BCUT2D eigenvalue weighted by Gasteiger charge is 2.03. The Morgan fingerprint density at radius 1 is 1.46 bits per heavy atom. The maximum atomic E-state index is 10.1. The number of carbonyl (C=O) groups is 1. The highest BCUT2D eigenvalue weighted by Crippen LogP contribution is 2.00. The summed E-state index contributed by atoms with van der Waals surface area (Å²) in [7, 11) is 0. The van der Waals surface area contributed by atoms with E-state index < -0.39 is 5.97 Å². The predicted octanol–water partition coefficient (Wildman–Crippen LogP) is -0.223. The second-order valence-corrected chi connectivity index (χ2v) is 2.96. The van der Waals surface area contributed by atoms with Gasteiger partial charge in [-0.05, 0) is 13.1 Å². The molecule has 5 heteroatoms. The van der Waals surface area contributed by atoms with E-state index in [-0.39, 0.29) is 6.61 Å². The third kappa shape index (κ3) is 4.82. The molecular formula is C8H15N2O3-. The Hall–Kier alpha value is -0.650. The van der Waals surface area contributed by atoms with Crippen molar-refractivity contribution >= 4 is 5.97 Å². The van der Waals surface area contributed by atoms with Crippen LogP contribution in [0, 0.1) is 0 Å². The number of aliphatic carboxylic acids is 1. The van der Waals surface area contributed by atoms with E-state index in [0.717, 1.165) is 32.7 Å².